The summed E-state index contributed by atoms with van der Waals surface area (Å²) in [4.78, 5) is 0. The summed E-state index contributed by atoms with van der Waals surface area (Å²) in [6, 6.07) is 14.0. The van der Waals surface area contributed by atoms with Crippen LogP contribution in [0.1, 0.15) is 17.0 Å². The molecule has 0 aliphatic heterocycles. The Morgan fingerprint density at radius 2 is 2.05 bits per heavy atom. The van der Waals surface area contributed by atoms with Gasteiger partial charge in [-0.2, -0.15) is 0 Å². The summed E-state index contributed by atoms with van der Waals surface area (Å²) in [5.41, 5.74) is 8.31. The SMILES string of the molecule is COc1ccc(CC(CN)c2cccc(Cl)c2)cc1Br. The molecule has 0 heterocycles. The number of nitrogens with two attached hydrogens (primary N) is 1. The van der Waals surface area contributed by atoms with E-state index in [4.69, 9.17) is 22.1 Å². The molecule has 106 valence electrons. The van der Waals surface area contributed by atoms with Crippen LogP contribution in [0.25, 0.3) is 0 Å². The third-order valence-electron chi connectivity index (χ3n) is 3.30. The molecule has 0 fully saturated rings. The summed E-state index contributed by atoms with van der Waals surface area (Å²) in [6.45, 7) is 0.587. The van der Waals surface area contributed by atoms with Crippen molar-refractivity contribution in [2.45, 2.75) is 12.3 Å². The minimum atomic E-state index is 0.258. The Bertz CT molecular complexity index is 588. The lowest BCUT2D eigenvalue weighted by Crippen LogP contribution is -2.15. The fourth-order valence-electron chi connectivity index (χ4n) is 2.22. The molecule has 0 amide bonds. The van der Waals surface area contributed by atoms with E-state index in [1.807, 2.05) is 24.3 Å². The van der Waals surface area contributed by atoms with Gasteiger partial charge in [-0.15, -0.1) is 0 Å². The van der Waals surface area contributed by atoms with Gasteiger partial charge in [0, 0.05) is 10.9 Å². The van der Waals surface area contributed by atoms with Gasteiger partial charge in [-0.25, -0.2) is 0 Å². The van der Waals surface area contributed by atoms with Crippen molar-refractivity contribution in [3.8, 4) is 5.75 Å². The first-order chi connectivity index (χ1) is 9.63. The normalized spacial score (nSPS) is 12.2. The maximum Gasteiger partial charge on any atom is 0.133 e. The highest BCUT2D eigenvalue weighted by molar-refractivity contribution is 9.10. The summed E-state index contributed by atoms with van der Waals surface area (Å²) in [6.07, 6.45) is 0.874. The average Bonchev–Trinajstić information content (AvgIpc) is 2.45. The van der Waals surface area contributed by atoms with Crippen molar-refractivity contribution < 1.29 is 4.74 Å². The number of hydrogen-bond acceptors (Lipinski definition) is 2. The highest BCUT2D eigenvalue weighted by Crippen LogP contribution is 2.28. The maximum atomic E-state index is 6.05. The van der Waals surface area contributed by atoms with Crippen LogP contribution in [0.4, 0.5) is 0 Å². The van der Waals surface area contributed by atoms with Crippen LogP contribution in [0.5, 0.6) is 5.75 Å². The van der Waals surface area contributed by atoms with E-state index in [1.54, 1.807) is 7.11 Å². The minimum Gasteiger partial charge on any atom is -0.496 e. The van der Waals surface area contributed by atoms with E-state index < -0.39 is 0 Å². The second-order valence-electron chi connectivity index (χ2n) is 4.66. The lowest BCUT2D eigenvalue weighted by Gasteiger charge is -2.16. The van der Waals surface area contributed by atoms with Crippen molar-refractivity contribution in [2.75, 3.05) is 13.7 Å². The topological polar surface area (TPSA) is 35.2 Å². The van der Waals surface area contributed by atoms with E-state index in [9.17, 15) is 0 Å². The van der Waals surface area contributed by atoms with Crippen molar-refractivity contribution in [1.29, 1.82) is 0 Å². The summed E-state index contributed by atoms with van der Waals surface area (Å²) >= 11 is 9.56. The van der Waals surface area contributed by atoms with Gasteiger partial charge in [-0.1, -0.05) is 29.8 Å². The summed E-state index contributed by atoms with van der Waals surface area (Å²) in [7, 11) is 1.66. The van der Waals surface area contributed by atoms with Crippen LogP contribution >= 0.6 is 27.5 Å². The number of benzene rings is 2. The van der Waals surface area contributed by atoms with E-state index in [2.05, 4.69) is 34.1 Å². The number of methoxy groups -OCH3 is 1. The molecule has 0 saturated heterocycles. The van der Waals surface area contributed by atoms with E-state index in [0.717, 1.165) is 21.7 Å². The molecule has 0 aromatic heterocycles. The van der Waals surface area contributed by atoms with Crippen molar-refractivity contribution >= 4 is 27.5 Å². The molecule has 0 radical (unpaired) electrons. The highest BCUT2D eigenvalue weighted by Gasteiger charge is 2.12. The largest absolute Gasteiger partial charge is 0.496 e. The molecule has 0 aliphatic carbocycles. The molecular weight excluding hydrogens is 338 g/mol. The Hall–Kier alpha value is -1.03. The van der Waals surface area contributed by atoms with Crippen LogP contribution in [0, 0.1) is 0 Å². The van der Waals surface area contributed by atoms with Crippen LogP contribution in [0.3, 0.4) is 0 Å². The zero-order valence-corrected chi connectivity index (χ0v) is 13.6. The Morgan fingerprint density at radius 1 is 1.25 bits per heavy atom. The molecule has 2 nitrogen and oxygen atoms in total. The smallest absolute Gasteiger partial charge is 0.133 e. The Labute approximate surface area is 133 Å². The van der Waals surface area contributed by atoms with Crippen LogP contribution in [0.2, 0.25) is 5.02 Å². The second-order valence-corrected chi connectivity index (χ2v) is 5.95. The van der Waals surface area contributed by atoms with Gasteiger partial charge < -0.3 is 10.5 Å². The number of rotatable bonds is 5. The second kappa shape index (κ2) is 7.11. The van der Waals surface area contributed by atoms with Gasteiger partial charge >= 0.3 is 0 Å². The van der Waals surface area contributed by atoms with Crippen LogP contribution in [-0.2, 0) is 6.42 Å². The zero-order chi connectivity index (χ0) is 14.5. The predicted octanol–water partition coefficient (Wildman–Crippen LogP) is 4.40. The molecule has 0 spiro atoms. The standard InChI is InChI=1S/C16H17BrClNO/c1-20-16-6-5-11(8-15(16)17)7-13(10-19)12-3-2-4-14(18)9-12/h2-6,8-9,13H,7,10,19H2,1H3. The van der Waals surface area contributed by atoms with Crippen LogP contribution in [0.15, 0.2) is 46.9 Å². The fraction of sp³-hybridized carbons (Fsp3) is 0.250. The molecule has 2 rings (SSSR count). The third-order valence-corrected chi connectivity index (χ3v) is 4.16. The molecule has 1 atom stereocenters. The van der Waals surface area contributed by atoms with Crippen molar-refractivity contribution in [2.24, 2.45) is 5.73 Å². The van der Waals surface area contributed by atoms with Crippen LogP contribution in [-0.4, -0.2) is 13.7 Å². The summed E-state index contributed by atoms with van der Waals surface area (Å²) < 4.78 is 6.20. The minimum absolute atomic E-state index is 0.258. The molecule has 1 unspecified atom stereocenters. The highest BCUT2D eigenvalue weighted by atomic mass is 79.9. The Kier molecular flexibility index (Phi) is 5.46. The van der Waals surface area contributed by atoms with Crippen molar-refractivity contribution in [1.82, 2.24) is 0 Å². The first-order valence-corrected chi connectivity index (χ1v) is 7.59. The number of hydrogen-bond donors (Lipinski definition) is 1. The van der Waals surface area contributed by atoms with E-state index in [-0.39, 0.29) is 5.92 Å². The molecule has 2 N–H and O–H groups in total. The molecule has 0 aliphatic rings. The molecule has 0 bridgehead atoms. The predicted molar refractivity (Wildman–Crippen MR) is 87.6 cm³/mol. The van der Waals surface area contributed by atoms with E-state index in [1.165, 1.54) is 11.1 Å². The lowest BCUT2D eigenvalue weighted by molar-refractivity contribution is 0.412. The average molecular weight is 355 g/mol. The molecule has 20 heavy (non-hydrogen) atoms. The summed E-state index contributed by atoms with van der Waals surface area (Å²) in [5, 5.41) is 0.747. The monoisotopic (exact) mass is 353 g/mol. The molecule has 4 heteroatoms. The van der Waals surface area contributed by atoms with Gasteiger partial charge in [0.25, 0.3) is 0 Å². The first-order valence-electron chi connectivity index (χ1n) is 6.42. The summed E-state index contributed by atoms with van der Waals surface area (Å²) in [5.74, 6) is 1.09. The van der Waals surface area contributed by atoms with Crippen molar-refractivity contribution in [3.63, 3.8) is 0 Å². The van der Waals surface area contributed by atoms with Gasteiger partial charge in [0.1, 0.15) is 5.75 Å². The Morgan fingerprint density at radius 3 is 2.65 bits per heavy atom. The zero-order valence-electron chi connectivity index (χ0n) is 11.3. The van der Waals surface area contributed by atoms with Crippen LogP contribution < -0.4 is 10.5 Å². The molecule has 2 aromatic carbocycles. The first kappa shape index (κ1) is 15.4. The van der Waals surface area contributed by atoms with Crippen molar-refractivity contribution in [3.05, 3.63) is 63.1 Å². The number of ether oxygens (including phenoxy) is 1. The quantitative estimate of drug-likeness (QED) is 0.864. The van der Waals surface area contributed by atoms with Gasteiger partial charge in [-0.05, 0) is 64.3 Å². The van der Waals surface area contributed by atoms with E-state index >= 15 is 0 Å². The molecule has 0 saturated carbocycles. The van der Waals surface area contributed by atoms with Gasteiger partial charge in [0.2, 0.25) is 0 Å². The number of halogens is 2. The van der Waals surface area contributed by atoms with Gasteiger partial charge in [0.05, 0.1) is 11.6 Å². The fourth-order valence-corrected chi connectivity index (χ4v) is 3.01. The molecular formula is C16H17BrClNO. The molecule has 2 aromatic rings. The maximum absolute atomic E-state index is 6.05. The Balaban J connectivity index is 2.20. The van der Waals surface area contributed by atoms with E-state index in [0.29, 0.717) is 6.54 Å². The third kappa shape index (κ3) is 3.75. The lowest BCUT2D eigenvalue weighted by atomic mass is 9.92. The van der Waals surface area contributed by atoms with Gasteiger partial charge in [0.15, 0.2) is 0 Å². The van der Waals surface area contributed by atoms with Gasteiger partial charge in [-0.3, -0.25) is 0 Å².